The van der Waals surface area contributed by atoms with Crippen molar-refractivity contribution in [1.29, 1.82) is 0 Å². The number of hydrogen-bond acceptors (Lipinski definition) is 1. The monoisotopic (exact) mass is 695 g/mol. The van der Waals surface area contributed by atoms with Gasteiger partial charge in [0, 0.05) is 0 Å². The second-order valence-corrected chi connectivity index (χ2v) is 17.1. The minimum Gasteiger partial charge on any atom is -0.406 e. The highest BCUT2D eigenvalue weighted by molar-refractivity contribution is 5.30. The average molecular weight is 695 g/mol. The number of unbranched alkanes of at least 4 members (excludes halogenated alkanes) is 2. The maximum absolute atomic E-state index is 12.3. The molecule has 0 amide bonds. The Morgan fingerprint density at radius 3 is 1.30 bits per heavy atom. The first-order chi connectivity index (χ1) is 24.2. The lowest BCUT2D eigenvalue weighted by Crippen LogP contribution is -2.25. The fourth-order valence-electron chi connectivity index (χ4n) is 10.6. The molecule has 0 N–H and O–H groups in total. The van der Waals surface area contributed by atoms with Gasteiger partial charge < -0.3 is 4.74 Å². The molecule has 0 saturated heterocycles. The van der Waals surface area contributed by atoms with Gasteiger partial charge in [0.2, 0.25) is 0 Å². The zero-order valence-corrected chi connectivity index (χ0v) is 31.8. The molecule has 4 fully saturated rings. The molecule has 0 radical (unpaired) electrons. The smallest absolute Gasteiger partial charge is 0.406 e. The van der Waals surface area contributed by atoms with Gasteiger partial charge in [-0.25, -0.2) is 0 Å². The van der Waals surface area contributed by atoms with Crippen molar-refractivity contribution in [3.63, 3.8) is 0 Å². The van der Waals surface area contributed by atoms with E-state index in [4.69, 9.17) is 0 Å². The highest BCUT2D eigenvalue weighted by Gasteiger charge is 2.33. The highest BCUT2D eigenvalue weighted by Crippen LogP contribution is 2.46. The molecule has 0 aliphatic heterocycles. The molecule has 50 heavy (non-hydrogen) atoms. The third kappa shape index (κ3) is 12.3. The largest absolute Gasteiger partial charge is 0.573 e. The second-order valence-electron chi connectivity index (χ2n) is 17.1. The number of halogens is 3. The summed E-state index contributed by atoms with van der Waals surface area (Å²) in [7, 11) is 0. The number of ether oxygens (including phenoxy) is 1. The van der Waals surface area contributed by atoms with Crippen LogP contribution in [0.2, 0.25) is 0 Å². The molecule has 0 atom stereocenters. The molecule has 1 nitrogen and oxygen atoms in total. The van der Waals surface area contributed by atoms with Crippen LogP contribution in [-0.2, 0) is 0 Å². The fourth-order valence-corrected chi connectivity index (χ4v) is 10.6. The maximum atomic E-state index is 12.3. The predicted octanol–water partition coefficient (Wildman–Crippen LogP) is 15.1. The van der Waals surface area contributed by atoms with Gasteiger partial charge in [-0.1, -0.05) is 120 Å². The lowest BCUT2D eigenvalue weighted by Gasteiger charge is -2.38. The Morgan fingerprint density at radius 2 is 0.900 bits per heavy atom. The van der Waals surface area contributed by atoms with Gasteiger partial charge in [0.1, 0.15) is 5.75 Å². The van der Waals surface area contributed by atoms with Gasteiger partial charge >= 0.3 is 6.36 Å². The average Bonchev–Trinajstić information content (AvgIpc) is 3.13. The zero-order valence-electron chi connectivity index (χ0n) is 31.8. The number of hydrogen-bond donors (Lipinski definition) is 0. The summed E-state index contributed by atoms with van der Waals surface area (Å²) in [4.78, 5) is 0. The van der Waals surface area contributed by atoms with Crippen LogP contribution in [-0.4, -0.2) is 6.36 Å². The van der Waals surface area contributed by atoms with Crippen LogP contribution in [0.15, 0.2) is 48.5 Å². The number of alkyl halides is 3. The van der Waals surface area contributed by atoms with Crippen LogP contribution < -0.4 is 4.74 Å². The zero-order chi connectivity index (χ0) is 35.3. The van der Waals surface area contributed by atoms with E-state index in [0.717, 1.165) is 47.0 Å². The van der Waals surface area contributed by atoms with E-state index < -0.39 is 6.36 Å². The maximum Gasteiger partial charge on any atom is 0.573 e. The van der Waals surface area contributed by atoms with Crippen LogP contribution in [0.5, 0.6) is 5.75 Å². The van der Waals surface area contributed by atoms with Crippen molar-refractivity contribution in [2.24, 2.45) is 35.5 Å². The summed E-state index contributed by atoms with van der Waals surface area (Å²) in [5, 5.41) is 0. The van der Waals surface area contributed by atoms with E-state index in [0.29, 0.717) is 5.92 Å². The Hall–Kier alpha value is -1.97. The summed E-state index contributed by atoms with van der Waals surface area (Å²) in [6.07, 6.45) is 26.4. The summed E-state index contributed by atoms with van der Waals surface area (Å²) in [5.74, 6) is 7.11. The van der Waals surface area contributed by atoms with Gasteiger partial charge in [-0.2, -0.15) is 0 Å². The Bertz CT molecular complexity index is 1190. The van der Waals surface area contributed by atoms with E-state index in [-0.39, 0.29) is 5.75 Å². The quantitative estimate of drug-likeness (QED) is 0.213. The first kappa shape index (κ1) is 39.2. The Morgan fingerprint density at radius 1 is 0.500 bits per heavy atom. The summed E-state index contributed by atoms with van der Waals surface area (Å²) >= 11 is 0. The summed E-state index contributed by atoms with van der Waals surface area (Å²) in [6, 6.07) is 15.9. The lowest BCUT2D eigenvalue weighted by atomic mass is 9.68. The third-order valence-electron chi connectivity index (χ3n) is 13.7. The Balaban J connectivity index is 0.000000195. The molecule has 0 bridgehead atoms. The molecule has 0 spiro atoms. The minimum absolute atomic E-state index is 0.126. The fraction of sp³-hybridized carbons (Fsp3) is 0.739. The SMILES string of the molecule is CCCC1CCC(C2CCC(c3ccc(OC(F)(F)F)cc3)CC2)CC1.CCCCCC1CCC(C2CCC(c3ccc(C)cc3)CC2)CC1. The molecule has 280 valence electrons. The van der Waals surface area contributed by atoms with E-state index in [1.54, 1.807) is 5.56 Å². The van der Waals surface area contributed by atoms with Gasteiger partial charge in [-0.3, -0.25) is 0 Å². The molecular formula is C46H69F3O. The molecular weight excluding hydrogens is 625 g/mol. The van der Waals surface area contributed by atoms with E-state index in [1.807, 2.05) is 12.1 Å². The molecule has 6 rings (SSSR count). The summed E-state index contributed by atoms with van der Waals surface area (Å²) < 4.78 is 40.8. The van der Waals surface area contributed by atoms with E-state index >= 15 is 0 Å². The minimum atomic E-state index is -4.62. The van der Waals surface area contributed by atoms with Gasteiger partial charge in [0.25, 0.3) is 0 Å². The van der Waals surface area contributed by atoms with Crippen molar-refractivity contribution in [2.75, 3.05) is 0 Å². The van der Waals surface area contributed by atoms with Crippen LogP contribution in [0.25, 0.3) is 0 Å². The van der Waals surface area contributed by atoms with Gasteiger partial charge in [0.15, 0.2) is 0 Å². The summed E-state index contributed by atoms with van der Waals surface area (Å²) in [5.41, 5.74) is 4.14. The lowest BCUT2D eigenvalue weighted by molar-refractivity contribution is -0.274. The molecule has 0 aromatic heterocycles. The Kier molecular flexibility index (Phi) is 15.5. The number of aryl methyl sites for hydroxylation is 1. The van der Waals surface area contributed by atoms with Gasteiger partial charge in [-0.15, -0.1) is 13.2 Å². The second kappa shape index (κ2) is 19.8. The van der Waals surface area contributed by atoms with Crippen molar-refractivity contribution in [1.82, 2.24) is 0 Å². The molecule has 0 heterocycles. The van der Waals surface area contributed by atoms with Crippen molar-refractivity contribution >= 4 is 0 Å². The first-order valence-electron chi connectivity index (χ1n) is 21.1. The van der Waals surface area contributed by atoms with Gasteiger partial charge in [0.05, 0.1) is 0 Å². The normalized spacial score (nSPS) is 30.6. The van der Waals surface area contributed by atoms with Crippen LogP contribution in [0, 0.1) is 42.4 Å². The van der Waals surface area contributed by atoms with Crippen molar-refractivity contribution in [3.8, 4) is 5.75 Å². The van der Waals surface area contributed by atoms with Gasteiger partial charge in [-0.05, 0) is 155 Å². The van der Waals surface area contributed by atoms with Crippen molar-refractivity contribution in [3.05, 3.63) is 65.2 Å². The summed E-state index contributed by atoms with van der Waals surface area (Å²) in [6.45, 7) is 6.80. The molecule has 4 aliphatic carbocycles. The standard InChI is InChI=1S/C24H38.C22H31F3O/c1-3-4-5-6-20-9-13-22(14-10-20)24-17-15-23(16-18-24)21-11-7-19(2)8-12-21;1-2-3-16-4-6-17(7-5-16)18-8-10-19(11-9-18)20-12-14-21(15-13-20)26-22(23,24)25/h7-8,11-12,20,22-24H,3-6,9-10,13-18H2,1-2H3;12-19H,2-11H2,1H3. The molecule has 2 aromatic carbocycles. The third-order valence-corrected chi connectivity index (χ3v) is 13.7. The van der Waals surface area contributed by atoms with E-state index in [9.17, 15) is 13.2 Å². The van der Waals surface area contributed by atoms with E-state index in [1.165, 1.54) is 159 Å². The topological polar surface area (TPSA) is 9.23 Å². The molecule has 0 unspecified atom stereocenters. The van der Waals surface area contributed by atoms with Crippen molar-refractivity contribution < 1.29 is 17.9 Å². The van der Waals surface area contributed by atoms with E-state index in [2.05, 4.69) is 49.8 Å². The number of benzene rings is 2. The molecule has 4 saturated carbocycles. The van der Waals surface area contributed by atoms with Crippen LogP contribution in [0.4, 0.5) is 13.2 Å². The van der Waals surface area contributed by atoms with Crippen LogP contribution in [0.3, 0.4) is 0 Å². The molecule has 4 aliphatic rings. The molecule has 2 aromatic rings. The first-order valence-corrected chi connectivity index (χ1v) is 21.1. The Labute approximate surface area is 303 Å². The predicted molar refractivity (Wildman–Crippen MR) is 204 cm³/mol. The highest BCUT2D eigenvalue weighted by atomic mass is 19.4. The van der Waals surface area contributed by atoms with Crippen molar-refractivity contribution in [2.45, 2.75) is 180 Å². The van der Waals surface area contributed by atoms with Crippen LogP contribution >= 0.6 is 0 Å². The van der Waals surface area contributed by atoms with Crippen LogP contribution in [0.1, 0.15) is 184 Å². The molecule has 4 heteroatoms. The number of rotatable bonds is 11.